The minimum atomic E-state index is -0.630. The maximum absolute atomic E-state index is 13.7. The van der Waals surface area contributed by atoms with Crippen molar-refractivity contribution in [2.45, 2.75) is 13.8 Å². The summed E-state index contributed by atoms with van der Waals surface area (Å²) < 4.78 is 13.7. The second-order valence-electron chi connectivity index (χ2n) is 5.73. The molecule has 0 unspecified atom stereocenters. The van der Waals surface area contributed by atoms with E-state index in [4.69, 9.17) is 11.6 Å². The number of hydrogen-bond donors (Lipinski definition) is 2. The molecule has 0 fully saturated rings. The summed E-state index contributed by atoms with van der Waals surface area (Å²) in [5.41, 5.74) is 0.522. The number of benzene rings is 2. The standard InChI is InChI=1S/C18H18ClFN2O2/c1-11(2)10-21-17(23)12-7-8-14(19)16(9-12)22-18(24)13-5-3-4-6-15(13)20/h3-9,11H,10H2,1-2H3,(H,21,23)(H,22,24). The lowest BCUT2D eigenvalue weighted by Gasteiger charge is -2.11. The molecule has 2 rings (SSSR count). The van der Waals surface area contributed by atoms with Crippen LogP contribution in [0.4, 0.5) is 10.1 Å². The van der Waals surface area contributed by atoms with Gasteiger partial charge >= 0.3 is 0 Å². The molecule has 0 spiro atoms. The topological polar surface area (TPSA) is 58.2 Å². The highest BCUT2D eigenvalue weighted by Gasteiger charge is 2.14. The number of carbonyl (C=O) groups excluding carboxylic acids is 2. The second kappa shape index (κ2) is 7.93. The lowest BCUT2D eigenvalue weighted by atomic mass is 10.1. The first-order valence-electron chi connectivity index (χ1n) is 7.52. The van der Waals surface area contributed by atoms with E-state index in [0.29, 0.717) is 18.0 Å². The zero-order chi connectivity index (χ0) is 17.7. The van der Waals surface area contributed by atoms with Crippen molar-refractivity contribution in [2.24, 2.45) is 5.92 Å². The Balaban J connectivity index is 2.18. The van der Waals surface area contributed by atoms with E-state index in [1.165, 1.54) is 30.3 Å². The monoisotopic (exact) mass is 348 g/mol. The Hall–Kier alpha value is -2.40. The van der Waals surface area contributed by atoms with Gasteiger partial charge in [0, 0.05) is 12.1 Å². The van der Waals surface area contributed by atoms with Crippen molar-refractivity contribution in [3.63, 3.8) is 0 Å². The minimum absolute atomic E-state index is 0.0942. The Bertz CT molecular complexity index is 762. The van der Waals surface area contributed by atoms with Crippen molar-refractivity contribution in [3.8, 4) is 0 Å². The SMILES string of the molecule is CC(C)CNC(=O)c1ccc(Cl)c(NC(=O)c2ccccc2F)c1. The van der Waals surface area contributed by atoms with E-state index < -0.39 is 11.7 Å². The van der Waals surface area contributed by atoms with E-state index in [2.05, 4.69) is 10.6 Å². The molecule has 2 amide bonds. The van der Waals surface area contributed by atoms with Crippen LogP contribution in [0.3, 0.4) is 0 Å². The van der Waals surface area contributed by atoms with Gasteiger partial charge in [-0.25, -0.2) is 4.39 Å². The van der Waals surface area contributed by atoms with E-state index in [9.17, 15) is 14.0 Å². The molecule has 2 aromatic rings. The van der Waals surface area contributed by atoms with Gasteiger partial charge in [0.1, 0.15) is 5.82 Å². The van der Waals surface area contributed by atoms with Crippen LogP contribution in [0.5, 0.6) is 0 Å². The van der Waals surface area contributed by atoms with Gasteiger partial charge in [0.05, 0.1) is 16.3 Å². The van der Waals surface area contributed by atoms with Gasteiger partial charge in [-0.3, -0.25) is 9.59 Å². The summed E-state index contributed by atoms with van der Waals surface area (Å²) in [5.74, 6) is -1.20. The molecule has 0 saturated carbocycles. The maximum atomic E-state index is 13.7. The normalized spacial score (nSPS) is 10.5. The first kappa shape index (κ1) is 17.9. The number of anilines is 1. The Kier molecular flexibility index (Phi) is 5.93. The zero-order valence-electron chi connectivity index (χ0n) is 13.4. The molecule has 0 radical (unpaired) electrons. The Morgan fingerprint density at radius 2 is 1.83 bits per heavy atom. The first-order chi connectivity index (χ1) is 11.4. The highest BCUT2D eigenvalue weighted by atomic mass is 35.5. The predicted octanol–water partition coefficient (Wildman–Crippen LogP) is 4.12. The van der Waals surface area contributed by atoms with E-state index >= 15 is 0 Å². The van der Waals surface area contributed by atoms with Crippen LogP contribution in [0.25, 0.3) is 0 Å². The summed E-state index contributed by atoms with van der Waals surface area (Å²) in [6.07, 6.45) is 0. The molecule has 0 aliphatic heterocycles. The Morgan fingerprint density at radius 1 is 1.12 bits per heavy atom. The molecule has 0 heterocycles. The molecular formula is C18H18ClFN2O2. The van der Waals surface area contributed by atoms with Gasteiger partial charge in [0.25, 0.3) is 11.8 Å². The molecule has 2 aromatic carbocycles. The summed E-state index contributed by atoms with van der Waals surface area (Å²) >= 11 is 6.06. The number of carbonyl (C=O) groups is 2. The molecule has 24 heavy (non-hydrogen) atoms. The summed E-state index contributed by atoms with van der Waals surface area (Å²) in [7, 11) is 0. The van der Waals surface area contributed by atoms with Gasteiger partial charge in [0.2, 0.25) is 0 Å². The smallest absolute Gasteiger partial charge is 0.258 e. The fraction of sp³-hybridized carbons (Fsp3) is 0.222. The van der Waals surface area contributed by atoms with Crippen molar-refractivity contribution >= 4 is 29.1 Å². The number of hydrogen-bond acceptors (Lipinski definition) is 2. The van der Waals surface area contributed by atoms with Gasteiger partial charge in [-0.2, -0.15) is 0 Å². The third kappa shape index (κ3) is 4.55. The molecule has 4 nitrogen and oxygen atoms in total. The molecule has 6 heteroatoms. The zero-order valence-corrected chi connectivity index (χ0v) is 14.2. The summed E-state index contributed by atoms with van der Waals surface area (Å²) in [6.45, 7) is 4.52. The average Bonchev–Trinajstić information content (AvgIpc) is 2.54. The number of halogens is 2. The third-order valence-corrected chi connectivity index (χ3v) is 3.60. The fourth-order valence-electron chi connectivity index (χ4n) is 2.00. The fourth-order valence-corrected chi connectivity index (χ4v) is 2.16. The van der Waals surface area contributed by atoms with Crippen LogP contribution in [-0.4, -0.2) is 18.4 Å². The van der Waals surface area contributed by atoms with E-state index in [-0.39, 0.29) is 22.2 Å². The average molecular weight is 349 g/mol. The Morgan fingerprint density at radius 3 is 2.50 bits per heavy atom. The van der Waals surface area contributed by atoms with Crippen LogP contribution in [0.2, 0.25) is 5.02 Å². The highest BCUT2D eigenvalue weighted by Crippen LogP contribution is 2.24. The Labute approximate surface area is 145 Å². The lowest BCUT2D eigenvalue weighted by molar-refractivity contribution is 0.0947. The maximum Gasteiger partial charge on any atom is 0.258 e. The highest BCUT2D eigenvalue weighted by molar-refractivity contribution is 6.34. The number of nitrogens with one attached hydrogen (secondary N) is 2. The van der Waals surface area contributed by atoms with Gasteiger partial charge < -0.3 is 10.6 Å². The van der Waals surface area contributed by atoms with Gasteiger partial charge in [0.15, 0.2) is 0 Å². The molecule has 0 aliphatic rings. The van der Waals surface area contributed by atoms with Crippen LogP contribution >= 0.6 is 11.6 Å². The summed E-state index contributed by atoms with van der Waals surface area (Å²) in [5, 5.41) is 5.59. The van der Waals surface area contributed by atoms with Crippen LogP contribution in [0, 0.1) is 11.7 Å². The van der Waals surface area contributed by atoms with E-state index in [1.54, 1.807) is 12.1 Å². The molecule has 0 bridgehead atoms. The van der Waals surface area contributed by atoms with Gasteiger partial charge in [-0.15, -0.1) is 0 Å². The first-order valence-corrected chi connectivity index (χ1v) is 7.90. The molecule has 0 atom stereocenters. The van der Waals surface area contributed by atoms with Gasteiger partial charge in [-0.05, 0) is 36.2 Å². The van der Waals surface area contributed by atoms with Crippen molar-refractivity contribution < 1.29 is 14.0 Å². The van der Waals surface area contributed by atoms with Crippen LogP contribution in [0.15, 0.2) is 42.5 Å². The van der Waals surface area contributed by atoms with E-state index in [1.807, 2.05) is 13.8 Å². The van der Waals surface area contributed by atoms with Crippen molar-refractivity contribution in [1.29, 1.82) is 0 Å². The van der Waals surface area contributed by atoms with Crippen molar-refractivity contribution in [1.82, 2.24) is 5.32 Å². The van der Waals surface area contributed by atoms with Gasteiger partial charge in [-0.1, -0.05) is 37.6 Å². The van der Waals surface area contributed by atoms with Crippen molar-refractivity contribution in [3.05, 3.63) is 64.4 Å². The molecular weight excluding hydrogens is 331 g/mol. The van der Waals surface area contributed by atoms with Crippen LogP contribution < -0.4 is 10.6 Å². The summed E-state index contributed by atoms with van der Waals surface area (Å²) in [4.78, 5) is 24.3. The molecule has 0 saturated heterocycles. The summed E-state index contributed by atoms with van der Waals surface area (Å²) in [6, 6.07) is 10.2. The molecule has 0 aromatic heterocycles. The lowest BCUT2D eigenvalue weighted by Crippen LogP contribution is -2.27. The van der Waals surface area contributed by atoms with Crippen LogP contribution in [0.1, 0.15) is 34.6 Å². The molecule has 0 aliphatic carbocycles. The predicted molar refractivity (Wildman–Crippen MR) is 93.0 cm³/mol. The number of amides is 2. The largest absolute Gasteiger partial charge is 0.352 e. The quantitative estimate of drug-likeness (QED) is 0.854. The van der Waals surface area contributed by atoms with Crippen molar-refractivity contribution in [2.75, 3.05) is 11.9 Å². The number of rotatable bonds is 5. The third-order valence-electron chi connectivity index (χ3n) is 3.27. The second-order valence-corrected chi connectivity index (χ2v) is 6.14. The van der Waals surface area contributed by atoms with E-state index in [0.717, 1.165) is 0 Å². The molecule has 2 N–H and O–H groups in total. The molecule has 126 valence electrons. The van der Waals surface area contributed by atoms with Crippen LogP contribution in [-0.2, 0) is 0 Å². The minimum Gasteiger partial charge on any atom is -0.352 e.